The highest BCUT2D eigenvalue weighted by atomic mass is 79.9. The minimum atomic E-state index is -0.278. The van der Waals surface area contributed by atoms with E-state index in [1.807, 2.05) is 64.1 Å². The number of hydrogen-bond acceptors (Lipinski definition) is 6. The second-order valence-corrected chi connectivity index (χ2v) is 9.25. The number of ether oxygens (including phenoxy) is 2. The molecule has 2 aromatic rings. The summed E-state index contributed by atoms with van der Waals surface area (Å²) in [5.74, 6) is 0.565. The number of likely N-dealkylation sites (N-methyl/N-ethyl adjacent to an activating group) is 1. The molecule has 1 heterocycles. The number of rotatable bonds is 9. The van der Waals surface area contributed by atoms with Gasteiger partial charge >= 0.3 is 0 Å². The highest BCUT2D eigenvalue weighted by Gasteiger charge is 2.32. The Kier molecular flexibility index (Phi) is 9.18. The van der Waals surface area contributed by atoms with Gasteiger partial charge in [-0.2, -0.15) is 0 Å². The Morgan fingerprint density at radius 2 is 1.91 bits per heavy atom. The van der Waals surface area contributed by atoms with Crippen molar-refractivity contribution in [2.45, 2.75) is 27.7 Å². The van der Waals surface area contributed by atoms with Gasteiger partial charge in [-0.05, 0) is 91.3 Å². The van der Waals surface area contributed by atoms with E-state index in [4.69, 9.17) is 9.47 Å². The van der Waals surface area contributed by atoms with Crippen LogP contribution in [0.15, 0.2) is 50.8 Å². The largest absolute Gasteiger partial charge is 0.490 e. The number of nitrogens with one attached hydrogen (secondary N) is 1. The van der Waals surface area contributed by atoms with Crippen LogP contribution in [0.25, 0.3) is 6.08 Å². The number of halogens is 1. The molecule has 0 aromatic heterocycles. The SMILES string of the molecule is CCN=C1SC(=Cc2cc(Br)c(OCC(=O)Nc3ccc(C)cc3)c(OCC)c2)C(=O)N1CC. The lowest BCUT2D eigenvalue weighted by Crippen LogP contribution is -2.28. The van der Waals surface area contributed by atoms with Crippen LogP contribution in [0, 0.1) is 6.92 Å². The summed E-state index contributed by atoms with van der Waals surface area (Å²) in [7, 11) is 0. The second kappa shape index (κ2) is 12.1. The molecule has 0 atom stereocenters. The first-order valence-corrected chi connectivity index (χ1v) is 12.7. The first-order valence-electron chi connectivity index (χ1n) is 11.1. The smallest absolute Gasteiger partial charge is 0.266 e. The van der Waals surface area contributed by atoms with Gasteiger partial charge in [0.15, 0.2) is 23.3 Å². The lowest BCUT2D eigenvalue weighted by atomic mass is 10.2. The van der Waals surface area contributed by atoms with Crippen LogP contribution in [-0.4, -0.2) is 48.2 Å². The molecule has 34 heavy (non-hydrogen) atoms. The summed E-state index contributed by atoms with van der Waals surface area (Å²) >= 11 is 4.89. The monoisotopic (exact) mass is 545 g/mol. The Bertz CT molecular complexity index is 1120. The fourth-order valence-corrected chi connectivity index (χ4v) is 4.92. The normalized spacial score (nSPS) is 15.8. The molecule has 0 spiro atoms. The summed E-state index contributed by atoms with van der Waals surface area (Å²) in [6.45, 7) is 9.15. The van der Waals surface area contributed by atoms with Crippen LogP contribution in [0.4, 0.5) is 5.69 Å². The Morgan fingerprint density at radius 1 is 1.18 bits per heavy atom. The van der Waals surface area contributed by atoms with E-state index in [2.05, 4.69) is 26.2 Å². The quantitative estimate of drug-likeness (QED) is 0.421. The summed E-state index contributed by atoms with van der Waals surface area (Å²) < 4.78 is 12.2. The van der Waals surface area contributed by atoms with Gasteiger partial charge in [0.2, 0.25) is 0 Å². The molecule has 3 rings (SSSR count). The molecule has 0 radical (unpaired) electrons. The van der Waals surface area contributed by atoms with E-state index in [1.54, 1.807) is 11.0 Å². The predicted molar refractivity (Wildman–Crippen MR) is 142 cm³/mol. The number of amides is 2. The topological polar surface area (TPSA) is 80.2 Å². The van der Waals surface area contributed by atoms with Gasteiger partial charge in [0.1, 0.15) is 0 Å². The van der Waals surface area contributed by atoms with Gasteiger partial charge in [0.25, 0.3) is 11.8 Å². The van der Waals surface area contributed by atoms with Crippen LogP contribution in [0.1, 0.15) is 31.9 Å². The van der Waals surface area contributed by atoms with E-state index < -0.39 is 0 Å². The molecule has 2 aromatic carbocycles. The van der Waals surface area contributed by atoms with Crippen molar-refractivity contribution in [2.75, 3.05) is 31.6 Å². The summed E-state index contributed by atoms with van der Waals surface area (Å²) in [6, 6.07) is 11.2. The zero-order chi connectivity index (χ0) is 24.7. The molecule has 2 amide bonds. The molecule has 180 valence electrons. The number of aryl methyl sites for hydroxylation is 1. The molecular formula is C25H28BrN3O4S. The van der Waals surface area contributed by atoms with Gasteiger partial charge in [-0.1, -0.05) is 17.7 Å². The van der Waals surface area contributed by atoms with E-state index >= 15 is 0 Å². The number of carbonyl (C=O) groups excluding carboxylic acids is 2. The fourth-order valence-electron chi connectivity index (χ4n) is 3.24. The molecule has 1 fully saturated rings. The molecular weight excluding hydrogens is 518 g/mol. The van der Waals surface area contributed by atoms with Crippen molar-refractivity contribution in [3.63, 3.8) is 0 Å². The van der Waals surface area contributed by atoms with Crippen LogP contribution < -0.4 is 14.8 Å². The molecule has 1 N–H and O–H groups in total. The molecule has 1 aliphatic rings. The van der Waals surface area contributed by atoms with Crippen LogP contribution in [0.3, 0.4) is 0 Å². The zero-order valence-corrected chi connectivity index (χ0v) is 22.1. The number of thioether (sulfide) groups is 1. The van der Waals surface area contributed by atoms with E-state index in [9.17, 15) is 9.59 Å². The Balaban J connectivity index is 1.78. The number of hydrogen-bond donors (Lipinski definition) is 1. The van der Waals surface area contributed by atoms with Gasteiger partial charge in [0, 0.05) is 18.8 Å². The van der Waals surface area contributed by atoms with E-state index in [-0.39, 0.29) is 18.4 Å². The van der Waals surface area contributed by atoms with Crippen LogP contribution >= 0.6 is 27.7 Å². The third kappa shape index (κ3) is 6.42. The molecule has 0 bridgehead atoms. The van der Waals surface area contributed by atoms with Crippen molar-refractivity contribution in [3.8, 4) is 11.5 Å². The van der Waals surface area contributed by atoms with Crippen molar-refractivity contribution in [3.05, 3.63) is 56.9 Å². The van der Waals surface area contributed by atoms with E-state index in [1.165, 1.54) is 11.8 Å². The first-order chi connectivity index (χ1) is 16.4. The highest BCUT2D eigenvalue weighted by Crippen LogP contribution is 2.39. The van der Waals surface area contributed by atoms with Crippen molar-refractivity contribution < 1.29 is 19.1 Å². The average molecular weight is 546 g/mol. The summed E-state index contributed by atoms with van der Waals surface area (Å²) in [5.41, 5.74) is 2.59. The zero-order valence-electron chi connectivity index (χ0n) is 19.7. The molecule has 0 aliphatic carbocycles. The maximum atomic E-state index is 12.8. The Hall–Kier alpha value is -2.78. The second-order valence-electron chi connectivity index (χ2n) is 7.38. The predicted octanol–water partition coefficient (Wildman–Crippen LogP) is 5.49. The molecule has 7 nitrogen and oxygen atoms in total. The Morgan fingerprint density at radius 3 is 2.56 bits per heavy atom. The summed E-state index contributed by atoms with van der Waals surface area (Å²) in [5, 5.41) is 3.53. The van der Waals surface area contributed by atoms with Gasteiger partial charge < -0.3 is 14.8 Å². The maximum Gasteiger partial charge on any atom is 0.266 e. The average Bonchev–Trinajstić information content (AvgIpc) is 3.09. The highest BCUT2D eigenvalue weighted by molar-refractivity contribution is 9.10. The third-order valence-electron chi connectivity index (χ3n) is 4.81. The van der Waals surface area contributed by atoms with Gasteiger partial charge in [-0.25, -0.2) is 0 Å². The lowest BCUT2D eigenvalue weighted by molar-refractivity contribution is -0.122. The summed E-state index contributed by atoms with van der Waals surface area (Å²) in [6.07, 6.45) is 1.81. The molecule has 0 unspecified atom stereocenters. The number of benzene rings is 2. The van der Waals surface area contributed by atoms with Crippen LogP contribution in [0.5, 0.6) is 11.5 Å². The lowest BCUT2D eigenvalue weighted by Gasteiger charge is -2.15. The first kappa shape index (κ1) is 25.8. The molecule has 0 saturated carbocycles. The number of nitrogens with zero attached hydrogens (tertiary/aromatic N) is 2. The van der Waals surface area contributed by atoms with Gasteiger partial charge in [-0.15, -0.1) is 0 Å². The number of anilines is 1. The maximum absolute atomic E-state index is 12.8. The van der Waals surface area contributed by atoms with E-state index in [0.717, 1.165) is 11.1 Å². The third-order valence-corrected chi connectivity index (χ3v) is 6.44. The standard InChI is InChI=1S/C25H28BrN3O4S/c1-5-27-25-29(6-2)24(31)21(34-25)14-17-12-19(26)23(20(13-17)32-7-3)33-15-22(30)28-18-10-8-16(4)9-11-18/h8-14H,5-7,15H2,1-4H3,(H,28,30). The van der Waals surface area contributed by atoms with Gasteiger partial charge in [0.05, 0.1) is 16.0 Å². The minimum absolute atomic E-state index is 0.0677. The summed E-state index contributed by atoms with van der Waals surface area (Å²) in [4.78, 5) is 31.8. The minimum Gasteiger partial charge on any atom is -0.490 e. The number of aliphatic imine (C=N–C) groups is 1. The molecule has 1 aliphatic heterocycles. The van der Waals surface area contributed by atoms with Crippen molar-refractivity contribution in [1.29, 1.82) is 0 Å². The fraction of sp³-hybridized carbons (Fsp3) is 0.320. The number of carbonyl (C=O) groups is 2. The van der Waals surface area contributed by atoms with Crippen LogP contribution in [0.2, 0.25) is 0 Å². The van der Waals surface area contributed by atoms with Crippen molar-refractivity contribution in [1.82, 2.24) is 4.90 Å². The Labute approximate surface area is 212 Å². The van der Waals surface area contributed by atoms with E-state index in [0.29, 0.717) is 51.4 Å². The number of amidine groups is 1. The van der Waals surface area contributed by atoms with Gasteiger partial charge in [-0.3, -0.25) is 19.5 Å². The van der Waals surface area contributed by atoms with Crippen LogP contribution in [-0.2, 0) is 9.59 Å². The molecule has 1 saturated heterocycles. The molecule has 9 heteroatoms. The van der Waals surface area contributed by atoms with Crippen molar-refractivity contribution >= 4 is 56.4 Å². The van der Waals surface area contributed by atoms with Crippen molar-refractivity contribution in [2.24, 2.45) is 4.99 Å².